The van der Waals surface area contributed by atoms with Crippen molar-refractivity contribution in [3.63, 3.8) is 0 Å². The van der Waals surface area contributed by atoms with Gasteiger partial charge in [-0.25, -0.2) is 4.79 Å². The zero-order chi connectivity index (χ0) is 10.6. The second-order valence-corrected chi connectivity index (χ2v) is 5.33. The highest BCUT2D eigenvalue weighted by Crippen LogP contribution is 2.46. The smallest absolute Gasteiger partial charge is 0.333 e. The molecule has 14 heavy (non-hydrogen) atoms. The maximum absolute atomic E-state index is 11.6. The van der Waals surface area contributed by atoms with E-state index in [-0.39, 0.29) is 5.17 Å². The number of carbonyl (C=O) groups excluding carboxylic acids is 2. The average Bonchev–Trinajstić information content (AvgIpc) is 2.35. The molecule has 1 amide bonds. The second kappa shape index (κ2) is 2.50. The lowest BCUT2D eigenvalue weighted by Crippen LogP contribution is -2.36. The minimum absolute atomic E-state index is 0.143. The van der Waals surface area contributed by atoms with Crippen molar-refractivity contribution in [2.75, 3.05) is 0 Å². The summed E-state index contributed by atoms with van der Waals surface area (Å²) in [4.78, 5) is 26.7. The molecule has 1 atom stereocenters. The minimum atomic E-state index is -1.20. The maximum Gasteiger partial charge on any atom is 0.333 e. The lowest BCUT2D eigenvalue weighted by Gasteiger charge is -2.16. The summed E-state index contributed by atoms with van der Waals surface area (Å²) in [6.07, 6.45) is 0.326. The molecule has 5 nitrogen and oxygen atoms in total. The Labute approximate surface area is 85.1 Å². The van der Waals surface area contributed by atoms with Gasteiger partial charge >= 0.3 is 5.97 Å². The molecular weight excluding hydrogens is 204 g/mol. The van der Waals surface area contributed by atoms with E-state index in [0.29, 0.717) is 6.42 Å². The van der Waals surface area contributed by atoms with Crippen LogP contribution in [0.5, 0.6) is 0 Å². The number of hydrogen-bond acceptors (Lipinski definition) is 5. The molecule has 1 fully saturated rings. The zero-order valence-corrected chi connectivity index (χ0v) is 8.68. The summed E-state index contributed by atoms with van der Waals surface area (Å²) in [5.41, 5.74) is 4.80. The molecule has 2 aliphatic rings. The normalized spacial score (nSPS) is 34.9. The van der Waals surface area contributed by atoms with E-state index in [4.69, 9.17) is 10.5 Å². The molecule has 1 saturated heterocycles. The number of ether oxygens (including phenoxy) is 1. The minimum Gasteiger partial charge on any atom is -0.458 e. The highest BCUT2D eigenvalue weighted by molar-refractivity contribution is 8.16. The van der Waals surface area contributed by atoms with Crippen LogP contribution >= 0.6 is 11.8 Å². The van der Waals surface area contributed by atoms with E-state index in [0.717, 1.165) is 11.8 Å². The molecule has 2 heterocycles. The lowest BCUT2D eigenvalue weighted by molar-refractivity contribution is -0.148. The highest BCUT2D eigenvalue weighted by Gasteiger charge is 2.61. The molecule has 1 spiro atoms. The lowest BCUT2D eigenvalue weighted by atomic mass is 9.96. The third kappa shape index (κ3) is 1.13. The van der Waals surface area contributed by atoms with Crippen LogP contribution < -0.4 is 5.73 Å². The first-order valence-corrected chi connectivity index (χ1v) is 4.98. The summed E-state index contributed by atoms with van der Waals surface area (Å²) in [7, 11) is 0. The molecule has 1 unspecified atom stereocenters. The van der Waals surface area contributed by atoms with Crippen molar-refractivity contribution < 1.29 is 14.3 Å². The van der Waals surface area contributed by atoms with Crippen molar-refractivity contribution in [3.8, 4) is 0 Å². The summed E-state index contributed by atoms with van der Waals surface area (Å²) >= 11 is 0.998. The fraction of sp³-hybridized carbons (Fsp3) is 0.625. The molecule has 2 N–H and O–H groups in total. The van der Waals surface area contributed by atoms with Crippen LogP contribution in [0.25, 0.3) is 0 Å². The third-order valence-corrected chi connectivity index (χ3v) is 3.34. The molecule has 0 radical (unpaired) electrons. The Morgan fingerprint density at radius 2 is 2.14 bits per heavy atom. The molecule has 0 aromatic rings. The molecule has 6 heteroatoms. The van der Waals surface area contributed by atoms with E-state index in [2.05, 4.69) is 4.99 Å². The van der Waals surface area contributed by atoms with Gasteiger partial charge in [-0.1, -0.05) is 11.8 Å². The monoisotopic (exact) mass is 214 g/mol. The van der Waals surface area contributed by atoms with Crippen molar-refractivity contribution in [1.29, 1.82) is 0 Å². The Bertz CT molecular complexity index is 364. The summed E-state index contributed by atoms with van der Waals surface area (Å²) in [5.74, 6) is -1.02. The number of esters is 1. The van der Waals surface area contributed by atoms with E-state index in [1.165, 1.54) is 0 Å². The Morgan fingerprint density at radius 3 is 2.50 bits per heavy atom. The molecule has 0 aliphatic carbocycles. The van der Waals surface area contributed by atoms with Gasteiger partial charge in [-0.3, -0.25) is 4.79 Å². The molecule has 2 aliphatic heterocycles. The Balaban J connectivity index is 2.37. The summed E-state index contributed by atoms with van der Waals surface area (Å²) in [5, 5.41) is 0.143. The van der Waals surface area contributed by atoms with E-state index in [1.54, 1.807) is 13.8 Å². The first-order chi connectivity index (χ1) is 6.36. The van der Waals surface area contributed by atoms with Gasteiger partial charge in [-0.15, -0.1) is 0 Å². The number of rotatable bonds is 0. The third-order valence-electron chi connectivity index (χ3n) is 2.21. The van der Waals surface area contributed by atoms with Crippen LogP contribution in [0.15, 0.2) is 4.99 Å². The van der Waals surface area contributed by atoms with Crippen LogP contribution in [0.2, 0.25) is 0 Å². The van der Waals surface area contributed by atoms with Gasteiger partial charge in [0.15, 0.2) is 5.17 Å². The first-order valence-electron chi connectivity index (χ1n) is 4.17. The van der Waals surface area contributed by atoms with Gasteiger partial charge in [-0.05, 0) is 13.8 Å². The van der Waals surface area contributed by atoms with Gasteiger partial charge in [0.05, 0.1) is 0 Å². The number of thioether (sulfide) groups is 1. The predicted molar refractivity (Wildman–Crippen MR) is 51.7 cm³/mol. The largest absolute Gasteiger partial charge is 0.458 e. The van der Waals surface area contributed by atoms with Crippen LogP contribution in [-0.2, 0) is 14.3 Å². The molecule has 0 saturated carbocycles. The number of hydrogen-bond donors (Lipinski definition) is 1. The van der Waals surface area contributed by atoms with Crippen molar-refractivity contribution in [2.45, 2.75) is 30.6 Å². The van der Waals surface area contributed by atoms with E-state index >= 15 is 0 Å². The average molecular weight is 214 g/mol. The summed E-state index contributed by atoms with van der Waals surface area (Å²) in [6, 6.07) is 0. The molecule has 0 bridgehead atoms. The van der Waals surface area contributed by atoms with Crippen molar-refractivity contribution in [3.05, 3.63) is 0 Å². The van der Waals surface area contributed by atoms with Crippen molar-refractivity contribution in [1.82, 2.24) is 0 Å². The van der Waals surface area contributed by atoms with Gasteiger partial charge in [0.25, 0.3) is 5.91 Å². The highest BCUT2D eigenvalue weighted by atomic mass is 32.2. The molecule has 0 aromatic carbocycles. The van der Waals surface area contributed by atoms with Crippen molar-refractivity contribution >= 4 is 28.8 Å². The van der Waals surface area contributed by atoms with Crippen LogP contribution in [0.1, 0.15) is 20.3 Å². The molecular formula is C8H10N2O3S. The fourth-order valence-electron chi connectivity index (χ4n) is 1.72. The molecule has 2 rings (SSSR count). The number of amides is 1. The zero-order valence-electron chi connectivity index (χ0n) is 7.86. The van der Waals surface area contributed by atoms with Gasteiger partial charge < -0.3 is 10.5 Å². The van der Waals surface area contributed by atoms with Crippen LogP contribution in [0, 0.1) is 0 Å². The number of cyclic esters (lactones) is 1. The number of nitrogens with zero attached hydrogens (tertiary/aromatic N) is 1. The first kappa shape index (κ1) is 9.51. The molecule has 76 valence electrons. The molecule has 0 aromatic heterocycles. The predicted octanol–water partition coefficient (Wildman–Crippen LogP) is 0.0388. The van der Waals surface area contributed by atoms with Gasteiger partial charge in [0, 0.05) is 6.42 Å². The van der Waals surface area contributed by atoms with Crippen molar-refractivity contribution in [2.24, 2.45) is 10.7 Å². The van der Waals surface area contributed by atoms with Gasteiger partial charge in [0.1, 0.15) is 5.60 Å². The SMILES string of the molecule is CC1(C)CC2(SC(N)=NC2=O)C(=O)O1. The maximum atomic E-state index is 11.6. The van der Waals surface area contributed by atoms with Crippen LogP contribution in [0.4, 0.5) is 0 Å². The number of amidine groups is 1. The standard InChI is InChI=1S/C8H10N2O3S/c1-7(2)3-8(5(12)13-7)4(11)10-6(9)14-8/h3H2,1-2H3,(H2,9,10,11). The number of nitrogens with two attached hydrogens (primary N) is 1. The summed E-state index contributed by atoms with van der Waals surface area (Å²) in [6.45, 7) is 3.53. The Morgan fingerprint density at radius 1 is 1.50 bits per heavy atom. The van der Waals surface area contributed by atoms with E-state index < -0.39 is 22.2 Å². The van der Waals surface area contributed by atoms with E-state index in [1.807, 2.05) is 0 Å². The summed E-state index contributed by atoms with van der Waals surface area (Å²) < 4.78 is 3.89. The Hall–Kier alpha value is -1.04. The quantitative estimate of drug-likeness (QED) is 0.454. The van der Waals surface area contributed by atoms with Crippen LogP contribution in [-0.4, -0.2) is 27.4 Å². The second-order valence-electron chi connectivity index (χ2n) is 4.01. The van der Waals surface area contributed by atoms with Gasteiger partial charge in [-0.2, -0.15) is 4.99 Å². The van der Waals surface area contributed by atoms with Gasteiger partial charge in [0.2, 0.25) is 4.75 Å². The number of aliphatic imine (C=N–C) groups is 1. The van der Waals surface area contributed by atoms with E-state index in [9.17, 15) is 9.59 Å². The Kier molecular flexibility index (Phi) is 1.70. The fourth-order valence-corrected chi connectivity index (χ4v) is 2.88. The van der Waals surface area contributed by atoms with Crippen LogP contribution in [0.3, 0.4) is 0 Å². The number of carbonyl (C=O) groups is 2. The topological polar surface area (TPSA) is 81.8 Å².